The van der Waals surface area contributed by atoms with Crippen molar-refractivity contribution >= 4 is 11.5 Å². The quantitative estimate of drug-likeness (QED) is 0.934. The van der Waals surface area contributed by atoms with E-state index in [1.54, 1.807) is 0 Å². The van der Waals surface area contributed by atoms with Crippen LogP contribution < -0.4 is 15.0 Å². The summed E-state index contributed by atoms with van der Waals surface area (Å²) < 4.78 is 5.82. The van der Waals surface area contributed by atoms with Crippen LogP contribution in [-0.4, -0.2) is 24.7 Å². The number of rotatable bonds is 4. The van der Waals surface area contributed by atoms with E-state index >= 15 is 0 Å². The maximum Gasteiger partial charge on any atom is 0.127 e. The highest BCUT2D eigenvalue weighted by Crippen LogP contribution is 2.26. The molecule has 1 aliphatic rings. The van der Waals surface area contributed by atoms with E-state index < -0.39 is 0 Å². The molecule has 1 aliphatic heterocycles. The molecule has 1 aromatic heterocycles. The molecule has 0 saturated carbocycles. The van der Waals surface area contributed by atoms with E-state index in [0.29, 0.717) is 6.61 Å². The molecule has 21 heavy (non-hydrogen) atoms. The van der Waals surface area contributed by atoms with Crippen molar-refractivity contribution in [2.75, 3.05) is 29.9 Å². The molecule has 4 heteroatoms. The number of aromatic nitrogens is 1. The summed E-state index contributed by atoms with van der Waals surface area (Å²) in [4.78, 5) is 6.71. The maximum absolute atomic E-state index is 5.82. The lowest BCUT2D eigenvalue weighted by molar-refractivity contribution is 0.331. The lowest BCUT2D eigenvalue weighted by Crippen LogP contribution is -2.25. The van der Waals surface area contributed by atoms with Gasteiger partial charge in [0.1, 0.15) is 18.2 Å². The van der Waals surface area contributed by atoms with Crippen LogP contribution in [0.25, 0.3) is 0 Å². The highest BCUT2D eigenvalue weighted by atomic mass is 16.5. The van der Waals surface area contributed by atoms with Crippen molar-refractivity contribution in [2.24, 2.45) is 0 Å². The Morgan fingerprint density at radius 3 is 3.10 bits per heavy atom. The molecule has 0 radical (unpaired) electrons. The third kappa shape index (κ3) is 3.27. The Bertz CT molecular complexity index is 600. The fourth-order valence-electron chi connectivity index (χ4n) is 2.51. The first kappa shape index (κ1) is 13.7. The van der Waals surface area contributed by atoms with Crippen molar-refractivity contribution in [1.82, 2.24) is 4.98 Å². The minimum atomic E-state index is 0.705. The van der Waals surface area contributed by atoms with E-state index in [9.17, 15) is 0 Å². The van der Waals surface area contributed by atoms with Crippen LogP contribution in [0.1, 0.15) is 18.9 Å². The van der Waals surface area contributed by atoms with Crippen molar-refractivity contribution in [3.63, 3.8) is 0 Å². The minimum Gasteiger partial charge on any atom is -0.491 e. The first-order valence-electron chi connectivity index (χ1n) is 7.52. The Morgan fingerprint density at radius 1 is 1.29 bits per heavy atom. The molecule has 0 spiro atoms. The molecule has 2 aromatic rings. The number of nitrogens with one attached hydrogen (secondary N) is 1. The second-order valence-electron chi connectivity index (χ2n) is 5.20. The first-order chi connectivity index (χ1) is 10.4. The van der Waals surface area contributed by atoms with E-state index in [4.69, 9.17) is 4.74 Å². The summed E-state index contributed by atoms with van der Waals surface area (Å²) in [6, 6.07) is 12.4. The van der Waals surface area contributed by atoms with E-state index in [1.165, 1.54) is 11.3 Å². The third-order valence-electron chi connectivity index (χ3n) is 3.62. The van der Waals surface area contributed by atoms with Crippen LogP contribution in [0.15, 0.2) is 42.6 Å². The van der Waals surface area contributed by atoms with Crippen molar-refractivity contribution in [3.8, 4) is 5.75 Å². The number of hydrogen-bond acceptors (Lipinski definition) is 4. The van der Waals surface area contributed by atoms with Gasteiger partial charge in [-0.25, -0.2) is 4.98 Å². The number of fused-ring (bicyclic) bond motifs is 1. The van der Waals surface area contributed by atoms with E-state index in [-0.39, 0.29) is 0 Å². The molecule has 0 unspecified atom stereocenters. The zero-order valence-electron chi connectivity index (χ0n) is 12.4. The number of pyridine rings is 1. The van der Waals surface area contributed by atoms with Gasteiger partial charge in [0, 0.05) is 36.6 Å². The van der Waals surface area contributed by atoms with Gasteiger partial charge >= 0.3 is 0 Å². The Morgan fingerprint density at radius 2 is 2.19 bits per heavy atom. The van der Waals surface area contributed by atoms with Crippen molar-refractivity contribution in [3.05, 3.63) is 48.2 Å². The number of benzene rings is 1. The molecule has 3 rings (SSSR count). The number of anilines is 2. The highest BCUT2D eigenvalue weighted by Gasteiger charge is 2.15. The molecule has 0 atom stereocenters. The van der Waals surface area contributed by atoms with Crippen LogP contribution in [0.5, 0.6) is 5.75 Å². The monoisotopic (exact) mass is 283 g/mol. The summed E-state index contributed by atoms with van der Waals surface area (Å²) in [5, 5.41) is 3.34. The largest absolute Gasteiger partial charge is 0.491 e. The van der Waals surface area contributed by atoms with Crippen molar-refractivity contribution in [2.45, 2.75) is 19.9 Å². The predicted octanol–water partition coefficient (Wildman–Crippen LogP) is 3.30. The molecular formula is C17H21N3O. The minimum absolute atomic E-state index is 0.705. The van der Waals surface area contributed by atoms with Crippen molar-refractivity contribution < 1.29 is 4.74 Å². The average molecular weight is 283 g/mol. The highest BCUT2D eigenvalue weighted by molar-refractivity contribution is 5.55. The standard InChI is InChI=1S/C17H21N3O/c1-2-8-18-17-12-15(7-9-19-17)20-10-11-21-16-6-4-3-5-14(16)13-20/h3-7,9,12H,2,8,10-11,13H2,1H3,(H,18,19). The van der Waals surface area contributed by atoms with Crippen LogP contribution >= 0.6 is 0 Å². The molecule has 1 aromatic carbocycles. The smallest absolute Gasteiger partial charge is 0.127 e. The molecule has 1 N–H and O–H groups in total. The molecule has 0 amide bonds. The summed E-state index contributed by atoms with van der Waals surface area (Å²) in [6.45, 7) is 5.55. The fourth-order valence-corrected chi connectivity index (χ4v) is 2.51. The van der Waals surface area contributed by atoms with Gasteiger partial charge in [0.2, 0.25) is 0 Å². The predicted molar refractivity (Wildman–Crippen MR) is 86.0 cm³/mol. The van der Waals surface area contributed by atoms with Crippen LogP contribution in [0.2, 0.25) is 0 Å². The molecular weight excluding hydrogens is 262 g/mol. The lowest BCUT2D eigenvalue weighted by Gasteiger charge is -2.22. The Kier molecular flexibility index (Phi) is 4.24. The van der Waals surface area contributed by atoms with Gasteiger partial charge in [-0.1, -0.05) is 25.1 Å². The summed E-state index contributed by atoms with van der Waals surface area (Å²) in [7, 11) is 0. The summed E-state index contributed by atoms with van der Waals surface area (Å²) >= 11 is 0. The van der Waals surface area contributed by atoms with Crippen LogP contribution in [0.4, 0.5) is 11.5 Å². The van der Waals surface area contributed by atoms with Gasteiger partial charge in [0.25, 0.3) is 0 Å². The second-order valence-corrected chi connectivity index (χ2v) is 5.20. The summed E-state index contributed by atoms with van der Waals surface area (Å²) in [5.41, 5.74) is 2.42. The van der Waals surface area contributed by atoms with Gasteiger partial charge < -0.3 is 15.0 Å². The number of para-hydroxylation sites is 1. The van der Waals surface area contributed by atoms with Gasteiger partial charge in [0.15, 0.2) is 0 Å². The normalized spacial score (nSPS) is 14.0. The van der Waals surface area contributed by atoms with Crippen LogP contribution in [0, 0.1) is 0 Å². The summed E-state index contributed by atoms with van der Waals surface area (Å²) in [5.74, 6) is 1.94. The topological polar surface area (TPSA) is 37.4 Å². The van der Waals surface area contributed by atoms with Crippen LogP contribution in [0.3, 0.4) is 0 Å². The third-order valence-corrected chi connectivity index (χ3v) is 3.62. The Labute approximate surface area is 125 Å². The number of hydrogen-bond donors (Lipinski definition) is 1. The van der Waals surface area contributed by atoms with Gasteiger partial charge in [0.05, 0.1) is 6.54 Å². The fraction of sp³-hybridized carbons (Fsp3) is 0.353. The Hall–Kier alpha value is -2.23. The van der Waals surface area contributed by atoms with E-state index in [2.05, 4.69) is 46.4 Å². The molecule has 110 valence electrons. The van der Waals surface area contributed by atoms with Gasteiger partial charge in [-0.05, 0) is 18.6 Å². The van der Waals surface area contributed by atoms with Gasteiger partial charge in [-0.15, -0.1) is 0 Å². The molecule has 2 heterocycles. The molecule has 4 nitrogen and oxygen atoms in total. The first-order valence-corrected chi connectivity index (χ1v) is 7.52. The molecule has 0 aliphatic carbocycles. The molecule has 0 saturated heterocycles. The van der Waals surface area contributed by atoms with E-state index in [1.807, 2.05) is 18.3 Å². The molecule has 0 fully saturated rings. The molecule has 0 bridgehead atoms. The SMILES string of the molecule is CCCNc1cc(N2CCOc3ccccc3C2)ccn1. The number of nitrogens with zero attached hydrogens (tertiary/aromatic N) is 2. The number of ether oxygens (including phenoxy) is 1. The maximum atomic E-state index is 5.82. The lowest BCUT2D eigenvalue weighted by atomic mass is 10.2. The van der Waals surface area contributed by atoms with Gasteiger partial charge in [-0.3, -0.25) is 0 Å². The van der Waals surface area contributed by atoms with Crippen molar-refractivity contribution in [1.29, 1.82) is 0 Å². The van der Waals surface area contributed by atoms with Crippen LogP contribution in [-0.2, 0) is 6.54 Å². The zero-order valence-corrected chi connectivity index (χ0v) is 12.4. The average Bonchev–Trinajstić information content (AvgIpc) is 2.75. The van der Waals surface area contributed by atoms with E-state index in [0.717, 1.165) is 37.6 Å². The zero-order chi connectivity index (χ0) is 14.5. The Balaban J connectivity index is 1.80. The van der Waals surface area contributed by atoms with Gasteiger partial charge in [-0.2, -0.15) is 0 Å². The second kappa shape index (κ2) is 6.48. The summed E-state index contributed by atoms with van der Waals surface area (Å²) in [6.07, 6.45) is 2.96.